The maximum atomic E-state index is 10.5. The first-order valence-electron chi connectivity index (χ1n) is 5.40. The van der Waals surface area contributed by atoms with Crippen LogP contribution in [-0.4, -0.2) is 38.5 Å². The first-order chi connectivity index (χ1) is 7.22. The van der Waals surface area contributed by atoms with Gasteiger partial charge in [-0.3, -0.25) is 0 Å². The molecular weight excluding hydrogens is 196 g/mol. The Kier molecular flexibility index (Phi) is 5.42. The van der Waals surface area contributed by atoms with E-state index < -0.39 is 6.09 Å². The van der Waals surface area contributed by atoms with Crippen LogP contribution in [0.15, 0.2) is 0 Å². The van der Waals surface area contributed by atoms with Crippen LogP contribution in [0.25, 0.3) is 0 Å². The molecule has 1 aliphatic rings. The molecule has 15 heavy (non-hydrogen) atoms. The van der Waals surface area contributed by atoms with Gasteiger partial charge in [0.05, 0.1) is 6.61 Å². The zero-order chi connectivity index (χ0) is 11.1. The lowest BCUT2D eigenvalue weighted by Gasteiger charge is -2.28. The van der Waals surface area contributed by atoms with E-state index in [2.05, 4.69) is 5.32 Å². The van der Waals surface area contributed by atoms with Gasteiger partial charge in [-0.15, -0.1) is 0 Å². The van der Waals surface area contributed by atoms with Crippen molar-refractivity contribution < 1.29 is 14.3 Å². The Morgan fingerprint density at radius 1 is 1.40 bits per heavy atom. The van der Waals surface area contributed by atoms with E-state index in [0.717, 1.165) is 38.8 Å². The highest BCUT2D eigenvalue weighted by molar-refractivity contribution is 5.64. The normalized spacial score (nSPS) is 26.2. The summed E-state index contributed by atoms with van der Waals surface area (Å²) in [5.74, 6) is 0. The van der Waals surface area contributed by atoms with Crippen LogP contribution in [0.4, 0.5) is 4.79 Å². The van der Waals surface area contributed by atoms with Crippen LogP contribution in [-0.2, 0) is 9.47 Å². The van der Waals surface area contributed by atoms with Gasteiger partial charge in [-0.25, -0.2) is 4.79 Å². The number of hydrogen-bond donors (Lipinski definition) is 2. The summed E-state index contributed by atoms with van der Waals surface area (Å²) in [6.45, 7) is 1.61. The fourth-order valence-electron chi connectivity index (χ4n) is 1.91. The zero-order valence-electron chi connectivity index (χ0n) is 9.20. The first kappa shape index (κ1) is 12.3. The number of ether oxygens (including phenoxy) is 2. The van der Waals surface area contributed by atoms with E-state index >= 15 is 0 Å². The summed E-state index contributed by atoms with van der Waals surface area (Å²) >= 11 is 0. The van der Waals surface area contributed by atoms with Gasteiger partial charge >= 0.3 is 6.09 Å². The summed E-state index contributed by atoms with van der Waals surface area (Å²) in [5.41, 5.74) is 4.96. The molecule has 0 heterocycles. The van der Waals surface area contributed by atoms with Gasteiger partial charge in [0, 0.05) is 19.7 Å². The van der Waals surface area contributed by atoms with E-state index in [0.29, 0.717) is 6.04 Å². The first-order valence-corrected chi connectivity index (χ1v) is 5.40. The molecule has 0 radical (unpaired) electrons. The number of nitrogens with one attached hydrogen (secondary N) is 1. The van der Waals surface area contributed by atoms with E-state index in [1.807, 2.05) is 0 Å². The van der Waals surface area contributed by atoms with Gasteiger partial charge < -0.3 is 20.5 Å². The largest absolute Gasteiger partial charge is 0.446 e. The van der Waals surface area contributed by atoms with Crippen LogP contribution in [0.2, 0.25) is 0 Å². The highest BCUT2D eigenvalue weighted by Crippen LogP contribution is 2.20. The van der Waals surface area contributed by atoms with Crippen LogP contribution in [0.3, 0.4) is 0 Å². The van der Waals surface area contributed by atoms with Crippen LogP contribution in [0.1, 0.15) is 25.7 Å². The number of rotatable bonds is 5. The van der Waals surface area contributed by atoms with Crippen molar-refractivity contribution in [1.29, 1.82) is 0 Å². The maximum absolute atomic E-state index is 10.5. The predicted molar refractivity (Wildman–Crippen MR) is 56.6 cm³/mol. The lowest BCUT2D eigenvalue weighted by Crippen LogP contribution is -2.38. The monoisotopic (exact) mass is 216 g/mol. The van der Waals surface area contributed by atoms with Crippen molar-refractivity contribution in [3.8, 4) is 0 Å². The molecule has 1 saturated carbocycles. The van der Waals surface area contributed by atoms with Gasteiger partial charge in [-0.05, 0) is 25.7 Å². The second-order valence-corrected chi connectivity index (χ2v) is 3.86. The molecule has 88 valence electrons. The fraction of sp³-hybridized carbons (Fsp3) is 0.900. The summed E-state index contributed by atoms with van der Waals surface area (Å²) < 4.78 is 9.91. The summed E-state index contributed by atoms with van der Waals surface area (Å²) in [5, 5.41) is 3.40. The quantitative estimate of drug-likeness (QED) is 0.661. The Labute approximate surface area is 90.3 Å². The number of carbonyl (C=O) groups excluding carboxylic acids is 1. The van der Waals surface area contributed by atoms with Crippen LogP contribution >= 0.6 is 0 Å². The summed E-state index contributed by atoms with van der Waals surface area (Å²) in [4.78, 5) is 10.5. The molecule has 1 aliphatic carbocycles. The van der Waals surface area contributed by atoms with Crippen molar-refractivity contribution in [3.63, 3.8) is 0 Å². The second kappa shape index (κ2) is 6.63. The average molecular weight is 216 g/mol. The number of hydrogen-bond acceptors (Lipinski definition) is 4. The van der Waals surface area contributed by atoms with Gasteiger partial charge in [0.15, 0.2) is 0 Å². The van der Waals surface area contributed by atoms with E-state index in [4.69, 9.17) is 15.2 Å². The number of carbonyl (C=O) groups is 1. The van der Waals surface area contributed by atoms with Crippen molar-refractivity contribution >= 4 is 6.09 Å². The highest BCUT2D eigenvalue weighted by atomic mass is 16.6. The smallest absolute Gasteiger partial charge is 0.404 e. The molecule has 5 nitrogen and oxygen atoms in total. The fourth-order valence-corrected chi connectivity index (χ4v) is 1.91. The highest BCUT2D eigenvalue weighted by Gasteiger charge is 2.22. The van der Waals surface area contributed by atoms with E-state index in [1.54, 1.807) is 7.11 Å². The molecule has 0 saturated heterocycles. The van der Waals surface area contributed by atoms with Gasteiger partial charge in [0.1, 0.15) is 6.10 Å². The molecule has 0 aromatic heterocycles. The van der Waals surface area contributed by atoms with E-state index in [9.17, 15) is 4.79 Å². The lowest BCUT2D eigenvalue weighted by atomic mass is 9.93. The van der Waals surface area contributed by atoms with E-state index in [-0.39, 0.29) is 6.10 Å². The molecule has 3 N–H and O–H groups in total. The van der Waals surface area contributed by atoms with Crippen molar-refractivity contribution in [3.05, 3.63) is 0 Å². The molecule has 0 aliphatic heterocycles. The third kappa shape index (κ3) is 4.99. The van der Waals surface area contributed by atoms with Gasteiger partial charge in [-0.1, -0.05) is 0 Å². The number of methoxy groups -OCH3 is 1. The van der Waals surface area contributed by atoms with Crippen molar-refractivity contribution in [2.75, 3.05) is 20.3 Å². The lowest BCUT2D eigenvalue weighted by molar-refractivity contribution is 0.0749. The molecule has 0 aromatic rings. The third-order valence-corrected chi connectivity index (χ3v) is 2.70. The Bertz CT molecular complexity index is 191. The number of amides is 1. The van der Waals surface area contributed by atoms with Crippen LogP contribution < -0.4 is 11.1 Å². The molecule has 5 heteroatoms. The second-order valence-electron chi connectivity index (χ2n) is 3.86. The van der Waals surface area contributed by atoms with E-state index in [1.165, 1.54) is 0 Å². The van der Waals surface area contributed by atoms with Gasteiger partial charge in [0.25, 0.3) is 0 Å². The molecule has 0 spiro atoms. The van der Waals surface area contributed by atoms with Crippen LogP contribution in [0, 0.1) is 0 Å². The average Bonchev–Trinajstić information content (AvgIpc) is 2.20. The Hall–Kier alpha value is -0.810. The Balaban J connectivity index is 2.10. The molecule has 1 rings (SSSR count). The summed E-state index contributed by atoms with van der Waals surface area (Å²) in [6.07, 6.45) is 3.21. The van der Waals surface area contributed by atoms with Gasteiger partial charge in [0.2, 0.25) is 0 Å². The van der Waals surface area contributed by atoms with Crippen molar-refractivity contribution in [2.45, 2.75) is 37.8 Å². The minimum absolute atomic E-state index is 0.0166. The summed E-state index contributed by atoms with van der Waals surface area (Å²) in [6, 6.07) is 0.521. The Morgan fingerprint density at radius 3 is 2.60 bits per heavy atom. The molecule has 0 atom stereocenters. The minimum atomic E-state index is -0.661. The zero-order valence-corrected chi connectivity index (χ0v) is 9.20. The van der Waals surface area contributed by atoms with Crippen molar-refractivity contribution in [1.82, 2.24) is 5.32 Å². The molecular formula is C10H20N2O3. The Morgan fingerprint density at radius 2 is 2.07 bits per heavy atom. The predicted octanol–water partition coefficient (Wildman–Crippen LogP) is 0.629. The maximum Gasteiger partial charge on any atom is 0.404 e. The topological polar surface area (TPSA) is 73.6 Å². The molecule has 0 aromatic carbocycles. The molecule has 0 bridgehead atoms. The van der Waals surface area contributed by atoms with Crippen molar-refractivity contribution in [2.24, 2.45) is 5.73 Å². The van der Waals surface area contributed by atoms with Gasteiger partial charge in [-0.2, -0.15) is 0 Å². The molecule has 1 amide bonds. The minimum Gasteiger partial charge on any atom is -0.446 e. The summed E-state index contributed by atoms with van der Waals surface area (Å²) in [7, 11) is 1.69. The third-order valence-electron chi connectivity index (χ3n) is 2.70. The number of nitrogens with two attached hydrogens (primary N) is 1. The SMILES string of the molecule is COCCNC1CCC(OC(N)=O)CC1. The standard InChI is InChI=1S/C10H20N2O3/c1-14-7-6-12-8-2-4-9(5-3-8)15-10(11)13/h8-9,12H,2-7H2,1H3,(H2,11,13). The molecule has 1 fully saturated rings. The van der Waals surface area contributed by atoms with Crippen LogP contribution in [0.5, 0.6) is 0 Å². The number of primary amides is 1. The molecule has 0 unspecified atom stereocenters.